The van der Waals surface area contributed by atoms with E-state index in [9.17, 15) is 55.5 Å². The second-order valence-corrected chi connectivity index (χ2v) is 30.2. The Balaban J connectivity index is 1.30. The minimum absolute atomic E-state index is 0.0237. The highest BCUT2D eigenvalue weighted by atomic mass is 19.4. The fourth-order valence-electron chi connectivity index (χ4n) is 16.0. The first-order valence-corrected chi connectivity index (χ1v) is 36.1. The predicted molar refractivity (Wildman–Crippen MR) is 357 cm³/mol. The highest BCUT2D eigenvalue weighted by molar-refractivity contribution is 6.01. The van der Waals surface area contributed by atoms with Crippen LogP contribution in [-0.2, 0) is 57.5 Å². The van der Waals surface area contributed by atoms with Gasteiger partial charge in [0.2, 0.25) is 76.8 Å². The van der Waals surface area contributed by atoms with Gasteiger partial charge in [0, 0.05) is 82.2 Å². The molecule has 4 saturated carbocycles. The topological polar surface area (TPSA) is 270 Å². The second-order valence-electron chi connectivity index (χ2n) is 30.2. The molecular weight excluding hydrogens is 1370 g/mol. The van der Waals surface area contributed by atoms with E-state index in [-0.39, 0.29) is 57.9 Å². The average Bonchev–Trinajstić information content (AvgIpc) is 1.41. The summed E-state index contributed by atoms with van der Waals surface area (Å²) >= 11 is 0. The van der Waals surface area contributed by atoms with Crippen molar-refractivity contribution in [3.8, 4) is 0 Å². The van der Waals surface area contributed by atoms with Gasteiger partial charge < -0.3 is 60.0 Å². The van der Waals surface area contributed by atoms with Crippen molar-refractivity contribution >= 4 is 70.9 Å². The molecule has 2 saturated heterocycles. The molecular formula is C70H105F9N12O12. The number of alkyl halides is 9. The number of amides is 12. The molecule has 103 heavy (non-hydrogen) atoms. The lowest BCUT2D eigenvalue weighted by atomic mass is 9.74. The van der Waals surface area contributed by atoms with Gasteiger partial charge in [-0.25, -0.2) is 26.3 Å². The predicted octanol–water partition coefficient (Wildman–Crippen LogP) is 5.40. The molecule has 24 nitrogen and oxygen atoms in total. The Bertz CT molecular complexity index is 3130. The summed E-state index contributed by atoms with van der Waals surface area (Å²) in [6.07, 6.45) is -11.3. The van der Waals surface area contributed by atoms with Crippen LogP contribution in [0.1, 0.15) is 162 Å². The minimum Gasteiger partial charge on any atom is -0.347 e. The number of nitrogens with zero attached hydrogens (tertiary/aromatic N) is 9. The zero-order valence-electron chi connectivity index (χ0n) is 61.0. The summed E-state index contributed by atoms with van der Waals surface area (Å²) < 4.78 is 134. The molecule has 2 bridgehead atoms. The fourth-order valence-corrected chi connectivity index (χ4v) is 16.0. The van der Waals surface area contributed by atoms with Crippen LogP contribution in [0.25, 0.3) is 0 Å². The summed E-state index contributed by atoms with van der Waals surface area (Å²) in [7, 11) is 10.4. The summed E-state index contributed by atoms with van der Waals surface area (Å²) in [5.41, 5.74) is -1.89. The summed E-state index contributed by atoms with van der Waals surface area (Å²) in [5, 5.41) is 7.81. The maximum Gasteiger partial charge on any atom is 0.397 e. The highest BCUT2D eigenvalue weighted by Gasteiger charge is 2.58. The van der Waals surface area contributed by atoms with E-state index in [1.54, 1.807) is 32.9 Å². The molecule has 12 amide bonds. The lowest BCUT2D eigenvalue weighted by molar-refractivity contribution is -0.219. The SMILES string of the molecule is CC[C@H](C)[C@@H]1NC(=O)[C@H](CC)N(C)C(=O)C[C@@H](C(=O)N(C)C)N(C)C(=O)[C@H](C2CCCC2)N(C)C(=O)C2(CCC2)NC(=O)[C@@H]2CC(F)(F)CN2C(=O)[C@H](CCC2CC(F)C(C(F)(F)F)C(F)C2)NC(=O)CN(C)C(=O)[C@H](CC2CCC(F)(F)CC2)N2CC/C=C\C[C@@H](C2=O)N(C)C(=O)CN(C)C1=O. The third-order valence-electron chi connectivity index (χ3n) is 22.7. The molecule has 0 aromatic rings. The summed E-state index contributed by atoms with van der Waals surface area (Å²) in [4.78, 5) is 187. The molecule has 33 heteroatoms. The third-order valence-corrected chi connectivity index (χ3v) is 22.7. The van der Waals surface area contributed by atoms with Gasteiger partial charge in [-0.1, -0.05) is 52.2 Å². The third kappa shape index (κ3) is 19.6. The van der Waals surface area contributed by atoms with Crippen LogP contribution in [0.2, 0.25) is 0 Å². The first-order valence-electron chi connectivity index (χ1n) is 36.1. The number of rotatable bonds is 10. The van der Waals surface area contributed by atoms with E-state index in [1.807, 2.05) is 0 Å². The molecule has 7 rings (SSSR count). The van der Waals surface area contributed by atoms with E-state index >= 15 is 41.5 Å². The van der Waals surface area contributed by atoms with Gasteiger partial charge in [-0.3, -0.25) is 57.5 Å². The Morgan fingerprint density at radius 1 is 0.641 bits per heavy atom. The van der Waals surface area contributed by atoms with Crippen molar-refractivity contribution in [3.05, 3.63) is 12.2 Å². The zero-order valence-corrected chi connectivity index (χ0v) is 61.0. The Hall–Kier alpha value is -7.25. The molecule has 4 aliphatic carbocycles. The van der Waals surface area contributed by atoms with Gasteiger partial charge in [-0.15, -0.1) is 0 Å². The average molecular weight is 1480 g/mol. The van der Waals surface area contributed by atoms with Gasteiger partial charge in [0.25, 0.3) is 5.92 Å². The number of likely N-dealkylation sites (N-methyl/N-ethyl adjacent to an activating group) is 7. The van der Waals surface area contributed by atoms with Crippen molar-refractivity contribution in [2.45, 2.75) is 246 Å². The maximum absolute atomic E-state index is 16.1. The van der Waals surface area contributed by atoms with E-state index in [2.05, 4.69) is 16.0 Å². The number of carbonyl (C=O) groups is 12. The Morgan fingerprint density at radius 3 is 1.82 bits per heavy atom. The Morgan fingerprint density at radius 2 is 1.25 bits per heavy atom. The van der Waals surface area contributed by atoms with Gasteiger partial charge >= 0.3 is 6.18 Å². The van der Waals surface area contributed by atoms with Crippen LogP contribution in [0.3, 0.4) is 0 Å². The molecule has 3 heterocycles. The number of halogens is 9. The van der Waals surface area contributed by atoms with Crippen LogP contribution in [0.4, 0.5) is 39.5 Å². The normalized spacial score (nSPS) is 31.8. The quantitative estimate of drug-likeness (QED) is 0.183. The molecule has 7 aliphatic rings. The summed E-state index contributed by atoms with van der Waals surface area (Å²) in [6, 6.07) is -12.5. The lowest BCUT2D eigenvalue weighted by Crippen LogP contribution is -2.68. The number of carbonyl (C=O) groups excluding carboxylic acids is 12. The largest absolute Gasteiger partial charge is 0.397 e. The Labute approximate surface area is 596 Å². The minimum atomic E-state index is -5.27. The number of nitrogens with one attached hydrogen (secondary N) is 3. The van der Waals surface area contributed by atoms with E-state index in [0.29, 0.717) is 43.4 Å². The first-order chi connectivity index (χ1) is 48.1. The van der Waals surface area contributed by atoms with Crippen LogP contribution in [0.5, 0.6) is 0 Å². The van der Waals surface area contributed by atoms with Gasteiger partial charge in [0.15, 0.2) is 0 Å². The summed E-state index contributed by atoms with van der Waals surface area (Å²) in [6.45, 7) is 1.76. The van der Waals surface area contributed by atoms with E-state index < -0.39 is 256 Å². The molecule has 1 spiro atoms. The van der Waals surface area contributed by atoms with Crippen molar-refractivity contribution in [3.63, 3.8) is 0 Å². The van der Waals surface area contributed by atoms with Gasteiger partial charge in [0.1, 0.15) is 72.1 Å². The van der Waals surface area contributed by atoms with E-state index in [1.165, 1.54) is 54.2 Å². The van der Waals surface area contributed by atoms with Crippen LogP contribution >= 0.6 is 0 Å². The molecule has 11 atom stereocenters. The first kappa shape index (κ1) is 83.0. The van der Waals surface area contributed by atoms with Crippen LogP contribution in [0.15, 0.2) is 12.2 Å². The molecule has 0 aromatic carbocycles. The second kappa shape index (κ2) is 34.3. The number of hydrogen-bond donors (Lipinski definition) is 3. The molecule has 3 aliphatic heterocycles. The molecule has 580 valence electrons. The standard InChI is InChI=1S/C70H105F9N12O12/c1-12-40(3)56-64(101)85(7)38-54(94)87(9)48-22-15-14-18-31-90(63(48)100)50(34-41-25-29-68(73,74)30-26-41)62(99)84(6)37-52(92)80-46(24-23-42-32-44(71)55(45(72)33-42)70(77,78)79)60(97)91-39-69(75,76)36-51(91)59(96)82-67(27-19-28-67)66(103)89(11)57(43-20-16-17-21-43)65(102)88(10)49(61(98)83(4)5)35-53(93)86(8)47(13-2)58(95)81-56/h14-15,40-51,55-57H,12-13,16-39H2,1-11H3,(H,80,92)(H,81,95)(H,82,96)/b15-14-/t40-,42?,44?,45?,46-,47-,48-,49-,50-,51-,55?,56-,57-/m0/s1. The summed E-state index contributed by atoms with van der Waals surface area (Å²) in [5.74, 6) is -23.8. The molecule has 0 radical (unpaired) electrons. The van der Waals surface area contributed by atoms with Gasteiger partial charge in [-0.2, -0.15) is 13.2 Å². The van der Waals surface area contributed by atoms with E-state index in [0.717, 1.165) is 41.3 Å². The number of hydrogen-bond acceptors (Lipinski definition) is 12. The van der Waals surface area contributed by atoms with Crippen molar-refractivity contribution < 1.29 is 97.0 Å². The maximum atomic E-state index is 16.1. The lowest BCUT2D eigenvalue weighted by Gasteiger charge is -2.46. The zero-order chi connectivity index (χ0) is 76.7. The molecule has 6 fully saturated rings. The molecule has 0 aromatic heterocycles. The monoisotopic (exact) mass is 1480 g/mol. The fraction of sp³-hybridized carbons (Fsp3) is 0.800. The van der Waals surface area contributed by atoms with E-state index in [4.69, 9.17) is 0 Å². The van der Waals surface area contributed by atoms with Gasteiger partial charge in [0.05, 0.1) is 26.1 Å². The highest BCUT2D eigenvalue weighted by Crippen LogP contribution is 2.46. The van der Waals surface area contributed by atoms with Crippen molar-refractivity contribution in [1.82, 2.24) is 60.0 Å². The van der Waals surface area contributed by atoms with Crippen LogP contribution in [0, 0.1) is 29.6 Å². The molecule has 3 N–H and O–H groups in total. The van der Waals surface area contributed by atoms with Crippen molar-refractivity contribution in [2.75, 3.05) is 82.6 Å². The van der Waals surface area contributed by atoms with Crippen molar-refractivity contribution in [1.29, 1.82) is 0 Å². The van der Waals surface area contributed by atoms with Crippen LogP contribution < -0.4 is 16.0 Å². The van der Waals surface area contributed by atoms with Crippen LogP contribution in [-0.4, -0.2) is 282 Å². The Kier molecular flexibility index (Phi) is 27.7. The van der Waals surface area contributed by atoms with Crippen molar-refractivity contribution in [2.24, 2.45) is 29.6 Å². The number of fused-ring (bicyclic) bond motifs is 3. The van der Waals surface area contributed by atoms with Gasteiger partial charge in [-0.05, 0) is 120 Å². The molecule has 2 unspecified atom stereocenters. The smallest absolute Gasteiger partial charge is 0.347 e.